The molecule has 1 aliphatic carbocycles. The van der Waals surface area contributed by atoms with Crippen molar-refractivity contribution in [2.24, 2.45) is 0 Å². The molecule has 0 aliphatic heterocycles. The molecule has 0 saturated heterocycles. The van der Waals surface area contributed by atoms with Crippen LogP contribution < -0.4 is 5.32 Å². The van der Waals surface area contributed by atoms with Gasteiger partial charge in [-0.05, 0) is 55.9 Å². The standard InChI is InChI=1S/C19H23N/c1-13-8-9-19(14(2)10-13)15(3)20-18-11-16-6-4-5-7-17(16)12-18/h4-10,15,18,20H,11-12H2,1-3H3. The minimum Gasteiger partial charge on any atom is -0.307 e. The molecule has 1 atom stereocenters. The van der Waals surface area contributed by atoms with Crippen LogP contribution in [0, 0.1) is 13.8 Å². The third-order valence-corrected chi connectivity index (χ3v) is 4.43. The van der Waals surface area contributed by atoms with Crippen LogP contribution in [0.5, 0.6) is 0 Å². The minimum absolute atomic E-state index is 0.412. The van der Waals surface area contributed by atoms with E-state index in [0.29, 0.717) is 12.1 Å². The second-order valence-corrected chi connectivity index (χ2v) is 6.12. The summed E-state index contributed by atoms with van der Waals surface area (Å²) >= 11 is 0. The van der Waals surface area contributed by atoms with Crippen LogP contribution in [0.4, 0.5) is 0 Å². The molecule has 3 rings (SSSR count). The van der Waals surface area contributed by atoms with E-state index < -0.39 is 0 Å². The molecule has 20 heavy (non-hydrogen) atoms. The summed E-state index contributed by atoms with van der Waals surface area (Å²) in [6.07, 6.45) is 2.32. The number of hydrogen-bond donors (Lipinski definition) is 1. The van der Waals surface area contributed by atoms with Crippen LogP contribution in [0.1, 0.15) is 40.8 Å². The Morgan fingerprint density at radius 3 is 2.25 bits per heavy atom. The van der Waals surface area contributed by atoms with E-state index in [1.165, 1.54) is 27.8 Å². The quantitative estimate of drug-likeness (QED) is 0.880. The van der Waals surface area contributed by atoms with Crippen molar-refractivity contribution < 1.29 is 0 Å². The Kier molecular flexibility index (Phi) is 3.62. The van der Waals surface area contributed by atoms with Crippen molar-refractivity contribution in [3.8, 4) is 0 Å². The Morgan fingerprint density at radius 2 is 1.65 bits per heavy atom. The normalized spacial score (nSPS) is 16.1. The Labute approximate surface area is 122 Å². The number of nitrogens with one attached hydrogen (secondary N) is 1. The first-order valence-electron chi connectivity index (χ1n) is 7.53. The molecule has 1 unspecified atom stereocenters. The van der Waals surface area contributed by atoms with Crippen molar-refractivity contribution in [3.05, 3.63) is 70.3 Å². The monoisotopic (exact) mass is 265 g/mol. The largest absolute Gasteiger partial charge is 0.307 e. The van der Waals surface area contributed by atoms with Gasteiger partial charge in [-0.1, -0.05) is 48.0 Å². The molecule has 2 aromatic carbocycles. The third-order valence-electron chi connectivity index (χ3n) is 4.43. The van der Waals surface area contributed by atoms with E-state index in [1.807, 2.05) is 0 Å². The van der Waals surface area contributed by atoms with Crippen LogP contribution in [0.3, 0.4) is 0 Å². The van der Waals surface area contributed by atoms with E-state index in [1.54, 1.807) is 0 Å². The number of fused-ring (bicyclic) bond motifs is 1. The molecular formula is C19H23N. The molecule has 1 heteroatoms. The lowest BCUT2D eigenvalue weighted by molar-refractivity contribution is 0.466. The summed E-state index contributed by atoms with van der Waals surface area (Å²) in [6.45, 7) is 6.65. The maximum Gasteiger partial charge on any atom is 0.0297 e. The molecule has 1 aliphatic rings. The highest BCUT2D eigenvalue weighted by molar-refractivity contribution is 5.35. The number of benzene rings is 2. The fourth-order valence-electron chi connectivity index (χ4n) is 3.43. The third kappa shape index (κ3) is 2.64. The van der Waals surface area contributed by atoms with Gasteiger partial charge >= 0.3 is 0 Å². The predicted molar refractivity (Wildman–Crippen MR) is 85.1 cm³/mol. The molecule has 0 spiro atoms. The lowest BCUT2D eigenvalue weighted by Gasteiger charge is -2.21. The molecule has 104 valence electrons. The van der Waals surface area contributed by atoms with Gasteiger partial charge < -0.3 is 5.32 Å². The first kappa shape index (κ1) is 13.4. The fraction of sp³-hybridized carbons (Fsp3) is 0.368. The average Bonchev–Trinajstić information content (AvgIpc) is 2.80. The zero-order chi connectivity index (χ0) is 14.1. The smallest absolute Gasteiger partial charge is 0.0297 e. The molecule has 1 N–H and O–H groups in total. The molecule has 0 radical (unpaired) electrons. The van der Waals surface area contributed by atoms with E-state index >= 15 is 0 Å². The molecule has 0 amide bonds. The van der Waals surface area contributed by atoms with Crippen molar-refractivity contribution in [1.82, 2.24) is 5.32 Å². The van der Waals surface area contributed by atoms with Crippen LogP contribution in [0.15, 0.2) is 42.5 Å². The summed E-state index contributed by atoms with van der Waals surface area (Å²) < 4.78 is 0. The number of rotatable bonds is 3. The molecule has 0 fully saturated rings. The van der Waals surface area contributed by atoms with Crippen molar-refractivity contribution in [1.29, 1.82) is 0 Å². The summed E-state index contributed by atoms with van der Waals surface area (Å²) in [4.78, 5) is 0. The summed E-state index contributed by atoms with van der Waals surface area (Å²) in [7, 11) is 0. The molecule has 0 bridgehead atoms. The van der Waals surface area contributed by atoms with Gasteiger partial charge in [0.2, 0.25) is 0 Å². The van der Waals surface area contributed by atoms with E-state index in [4.69, 9.17) is 0 Å². The second-order valence-electron chi connectivity index (χ2n) is 6.12. The van der Waals surface area contributed by atoms with Crippen LogP contribution in [0.2, 0.25) is 0 Å². The Bertz CT molecular complexity index is 590. The lowest BCUT2D eigenvalue weighted by Crippen LogP contribution is -2.32. The van der Waals surface area contributed by atoms with E-state index in [2.05, 4.69) is 68.6 Å². The van der Waals surface area contributed by atoms with Crippen LogP contribution in [0.25, 0.3) is 0 Å². The molecule has 2 aromatic rings. The van der Waals surface area contributed by atoms with Gasteiger partial charge in [-0.3, -0.25) is 0 Å². The predicted octanol–water partition coefficient (Wildman–Crippen LogP) is 4.12. The van der Waals surface area contributed by atoms with Crippen molar-refractivity contribution in [2.75, 3.05) is 0 Å². The van der Waals surface area contributed by atoms with Gasteiger partial charge in [0.05, 0.1) is 0 Å². The highest BCUT2D eigenvalue weighted by Crippen LogP contribution is 2.25. The summed E-state index contributed by atoms with van der Waals surface area (Å²) in [5, 5.41) is 3.80. The van der Waals surface area contributed by atoms with Gasteiger partial charge in [0.15, 0.2) is 0 Å². The minimum atomic E-state index is 0.412. The molecular weight excluding hydrogens is 242 g/mol. The molecule has 0 saturated carbocycles. The Hall–Kier alpha value is -1.60. The van der Waals surface area contributed by atoms with Crippen molar-refractivity contribution in [3.63, 3.8) is 0 Å². The zero-order valence-corrected chi connectivity index (χ0v) is 12.6. The lowest BCUT2D eigenvalue weighted by atomic mass is 9.99. The maximum atomic E-state index is 3.80. The van der Waals surface area contributed by atoms with Gasteiger partial charge in [0, 0.05) is 12.1 Å². The maximum absolute atomic E-state index is 3.80. The Balaban J connectivity index is 1.70. The number of hydrogen-bond acceptors (Lipinski definition) is 1. The van der Waals surface area contributed by atoms with Gasteiger partial charge in [-0.25, -0.2) is 0 Å². The number of aryl methyl sites for hydroxylation is 2. The Morgan fingerprint density at radius 1 is 1.00 bits per heavy atom. The summed E-state index contributed by atoms with van der Waals surface area (Å²) in [5.74, 6) is 0. The average molecular weight is 265 g/mol. The van der Waals surface area contributed by atoms with Crippen molar-refractivity contribution >= 4 is 0 Å². The topological polar surface area (TPSA) is 12.0 Å². The second kappa shape index (κ2) is 5.41. The highest BCUT2D eigenvalue weighted by Gasteiger charge is 2.22. The fourth-order valence-corrected chi connectivity index (χ4v) is 3.43. The summed E-state index contributed by atoms with van der Waals surface area (Å²) in [5.41, 5.74) is 7.18. The SMILES string of the molecule is Cc1ccc(C(C)NC2Cc3ccccc3C2)c(C)c1. The molecule has 0 aromatic heterocycles. The van der Waals surface area contributed by atoms with E-state index in [9.17, 15) is 0 Å². The van der Waals surface area contributed by atoms with E-state index in [0.717, 1.165) is 12.8 Å². The first-order chi connectivity index (χ1) is 9.63. The first-order valence-corrected chi connectivity index (χ1v) is 7.53. The molecule has 0 heterocycles. The van der Waals surface area contributed by atoms with E-state index in [-0.39, 0.29) is 0 Å². The van der Waals surface area contributed by atoms with Crippen LogP contribution >= 0.6 is 0 Å². The zero-order valence-electron chi connectivity index (χ0n) is 12.6. The van der Waals surface area contributed by atoms with Crippen LogP contribution in [-0.2, 0) is 12.8 Å². The van der Waals surface area contributed by atoms with Crippen molar-refractivity contribution in [2.45, 2.75) is 45.7 Å². The van der Waals surface area contributed by atoms with Gasteiger partial charge in [0.25, 0.3) is 0 Å². The van der Waals surface area contributed by atoms with Crippen LogP contribution in [-0.4, -0.2) is 6.04 Å². The highest BCUT2D eigenvalue weighted by atomic mass is 14.9. The van der Waals surface area contributed by atoms with Gasteiger partial charge in [0.1, 0.15) is 0 Å². The van der Waals surface area contributed by atoms with Gasteiger partial charge in [-0.15, -0.1) is 0 Å². The van der Waals surface area contributed by atoms with Gasteiger partial charge in [-0.2, -0.15) is 0 Å². The summed E-state index contributed by atoms with van der Waals surface area (Å²) in [6, 6.07) is 16.6. The molecule has 1 nitrogen and oxygen atoms in total.